The summed E-state index contributed by atoms with van der Waals surface area (Å²) in [6.45, 7) is 0. The van der Waals surface area contributed by atoms with Crippen molar-refractivity contribution < 1.29 is 4.79 Å². The number of carbonyl (C=O) groups excluding carboxylic acids is 1. The summed E-state index contributed by atoms with van der Waals surface area (Å²) in [4.78, 5) is 16.7. The van der Waals surface area contributed by atoms with Gasteiger partial charge in [-0.3, -0.25) is 4.79 Å². The summed E-state index contributed by atoms with van der Waals surface area (Å²) in [5.41, 5.74) is 0. The molecule has 1 rings (SSSR count). The van der Waals surface area contributed by atoms with Gasteiger partial charge in [0.15, 0.2) is 5.17 Å². The van der Waals surface area contributed by atoms with E-state index in [0.717, 1.165) is 6.34 Å². The fourth-order valence-electron chi connectivity index (χ4n) is 0.240. The van der Waals surface area contributed by atoms with E-state index in [2.05, 4.69) is 9.98 Å². The minimum Gasteiger partial charge on any atom is -0.264 e. The van der Waals surface area contributed by atoms with Crippen molar-refractivity contribution in [2.24, 2.45) is 9.98 Å². The van der Waals surface area contributed by atoms with Gasteiger partial charge in [-0.2, -0.15) is 4.99 Å². The molecule has 0 saturated heterocycles. The Hall–Kier alpha value is -0.700. The van der Waals surface area contributed by atoms with Crippen LogP contribution in [-0.2, 0) is 4.79 Å². The second-order valence-corrected chi connectivity index (χ2v) is 1.33. The topological polar surface area (TPSA) is 41.8 Å². The first-order valence-electron chi connectivity index (χ1n) is 1.61. The fraction of sp³-hybridized carbons (Fsp3) is 0. The monoisotopic (exact) mass is 116 g/mol. The van der Waals surface area contributed by atoms with Crippen LogP contribution in [0.2, 0.25) is 0 Å². The predicted octanol–water partition coefficient (Wildman–Crippen LogP) is 0.192. The molecule has 1 aliphatic heterocycles. The fourth-order valence-corrected chi connectivity index (χ4v) is 0.333. The lowest BCUT2D eigenvalue weighted by Gasteiger charge is -1.72. The molecule has 7 heavy (non-hydrogen) atoms. The van der Waals surface area contributed by atoms with Crippen LogP contribution in [0.4, 0.5) is 0 Å². The summed E-state index contributed by atoms with van der Waals surface area (Å²) in [6.07, 6.45) is 1.13. The van der Waals surface area contributed by atoms with Crippen LogP contribution < -0.4 is 0 Å². The number of hydrogen-bond acceptors (Lipinski definition) is 2. The van der Waals surface area contributed by atoms with Gasteiger partial charge in [0.25, 0.3) is 0 Å². The number of rotatable bonds is 0. The summed E-state index contributed by atoms with van der Waals surface area (Å²) in [6, 6.07) is 0. The number of nitrogens with zero attached hydrogens (tertiary/aromatic N) is 2. The number of amides is 1. The van der Waals surface area contributed by atoms with E-state index >= 15 is 0 Å². The molecular weight excluding hydrogens is 115 g/mol. The highest BCUT2D eigenvalue weighted by atomic mass is 35.5. The van der Waals surface area contributed by atoms with Crippen molar-refractivity contribution in [2.75, 3.05) is 0 Å². The number of carbonyl (C=O) groups is 1. The molecule has 0 aliphatic carbocycles. The molecular formula is C3HClN2O. The lowest BCUT2D eigenvalue weighted by molar-refractivity contribution is -0.111. The zero-order chi connectivity index (χ0) is 5.28. The minimum absolute atomic E-state index is 0.0556. The van der Waals surface area contributed by atoms with E-state index in [1.807, 2.05) is 0 Å². The summed E-state index contributed by atoms with van der Waals surface area (Å²) in [5.74, 6) is -0.457. The van der Waals surface area contributed by atoms with Crippen molar-refractivity contribution in [3.05, 3.63) is 0 Å². The summed E-state index contributed by atoms with van der Waals surface area (Å²) < 4.78 is 0. The molecule has 0 atom stereocenters. The molecule has 0 fully saturated rings. The van der Waals surface area contributed by atoms with Crippen molar-refractivity contribution in [3.63, 3.8) is 0 Å². The highest BCUT2D eigenvalue weighted by molar-refractivity contribution is 6.84. The Balaban J connectivity index is 2.89. The van der Waals surface area contributed by atoms with Gasteiger partial charge in [0, 0.05) is 0 Å². The lowest BCUT2D eigenvalue weighted by atomic mass is 10.7. The van der Waals surface area contributed by atoms with Crippen molar-refractivity contribution in [3.8, 4) is 0 Å². The molecule has 0 aromatic carbocycles. The van der Waals surface area contributed by atoms with Crippen molar-refractivity contribution in [1.29, 1.82) is 0 Å². The molecule has 1 heterocycles. The number of halogens is 1. The predicted molar refractivity (Wildman–Crippen MR) is 26.8 cm³/mol. The van der Waals surface area contributed by atoms with Crippen LogP contribution in [0.15, 0.2) is 9.98 Å². The third-order valence-corrected chi connectivity index (χ3v) is 0.782. The van der Waals surface area contributed by atoms with Crippen LogP contribution in [0.25, 0.3) is 0 Å². The van der Waals surface area contributed by atoms with E-state index in [4.69, 9.17) is 11.6 Å². The molecule has 3 nitrogen and oxygen atoms in total. The standard InChI is InChI=1S/C3HClN2O/c4-2-3(7)6-1-5-2/h1H. The maximum absolute atomic E-state index is 10.1. The average Bonchev–Trinajstić information content (AvgIpc) is 1.91. The third-order valence-electron chi connectivity index (χ3n) is 0.523. The van der Waals surface area contributed by atoms with Gasteiger partial charge < -0.3 is 0 Å². The Morgan fingerprint density at radius 1 is 1.71 bits per heavy atom. The molecule has 1 amide bonds. The molecule has 0 radical (unpaired) electrons. The SMILES string of the molecule is O=C1N=CN=C1Cl. The van der Waals surface area contributed by atoms with Crippen LogP contribution >= 0.6 is 11.6 Å². The molecule has 0 spiro atoms. The van der Waals surface area contributed by atoms with Gasteiger partial charge in [-0.15, -0.1) is 0 Å². The van der Waals surface area contributed by atoms with Gasteiger partial charge >= 0.3 is 5.91 Å². The van der Waals surface area contributed by atoms with E-state index < -0.39 is 5.91 Å². The lowest BCUT2D eigenvalue weighted by Crippen LogP contribution is -1.96. The smallest absolute Gasteiger partial charge is 0.264 e. The third kappa shape index (κ3) is 0.667. The zero-order valence-corrected chi connectivity index (χ0v) is 4.01. The normalized spacial score (nSPS) is 17.9. The first-order chi connectivity index (χ1) is 3.30. The van der Waals surface area contributed by atoms with Crippen LogP contribution in [0.1, 0.15) is 0 Å². The Kier molecular flexibility index (Phi) is 0.906. The molecule has 0 bridgehead atoms. The van der Waals surface area contributed by atoms with E-state index in [0.29, 0.717) is 0 Å². The van der Waals surface area contributed by atoms with Gasteiger partial charge in [-0.25, -0.2) is 4.99 Å². The quantitative estimate of drug-likeness (QED) is 0.446. The summed E-state index contributed by atoms with van der Waals surface area (Å²) >= 11 is 5.14. The van der Waals surface area contributed by atoms with E-state index in [9.17, 15) is 4.79 Å². The van der Waals surface area contributed by atoms with E-state index in [1.54, 1.807) is 0 Å². The molecule has 0 aromatic rings. The molecule has 0 unspecified atom stereocenters. The molecule has 0 aromatic heterocycles. The summed E-state index contributed by atoms with van der Waals surface area (Å²) in [7, 11) is 0. The van der Waals surface area contributed by atoms with Gasteiger partial charge in [-0.1, -0.05) is 11.6 Å². The minimum atomic E-state index is -0.457. The van der Waals surface area contributed by atoms with Crippen LogP contribution in [0.3, 0.4) is 0 Å². The highest BCUT2D eigenvalue weighted by Crippen LogP contribution is 1.93. The summed E-state index contributed by atoms with van der Waals surface area (Å²) in [5, 5.41) is -0.0556. The van der Waals surface area contributed by atoms with E-state index in [1.165, 1.54) is 0 Å². The Bertz CT molecular complexity index is 160. The molecule has 36 valence electrons. The maximum atomic E-state index is 10.1. The van der Waals surface area contributed by atoms with Crippen molar-refractivity contribution in [1.82, 2.24) is 0 Å². The second kappa shape index (κ2) is 1.42. The number of hydrogen-bond donors (Lipinski definition) is 0. The van der Waals surface area contributed by atoms with Crippen LogP contribution in [-0.4, -0.2) is 17.4 Å². The zero-order valence-electron chi connectivity index (χ0n) is 3.26. The highest BCUT2D eigenvalue weighted by Gasteiger charge is 2.08. The molecule has 4 heteroatoms. The first kappa shape index (κ1) is 4.46. The Labute approximate surface area is 44.7 Å². The van der Waals surface area contributed by atoms with E-state index in [-0.39, 0.29) is 5.17 Å². The largest absolute Gasteiger partial charge is 0.308 e. The maximum Gasteiger partial charge on any atom is 0.308 e. The molecule has 1 aliphatic rings. The first-order valence-corrected chi connectivity index (χ1v) is 1.98. The second-order valence-electron chi connectivity index (χ2n) is 0.970. The Morgan fingerprint density at radius 3 is 2.57 bits per heavy atom. The van der Waals surface area contributed by atoms with Crippen LogP contribution in [0, 0.1) is 0 Å². The van der Waals surface area contributed by atoms with Gasteiger partial charge in [0.05, 0.1) is 0 Å². The molecule has 0 saturated carbocycles. The van der Waals surface area contributed by atoms with Crippen molar-refractivity contribution in [2.45, 2.75) is 0 Å². The number of aliphatic imine (C=N–C) groups is 2. The van der Waals surface area contributed by atoms with Gasteiger partial charge in [0.2, 0.25) is 0 Å². The van der Waals surface area contributed by atoms with Crippen LogP contribution in [0.5, 0.6) is 0 Å². The van der Waals surface area contributed by atoms with Crippen molar-refractivity contribution >= 4 is 29.0 Å². The molecule has 0 N–H and O–H groups in total. The Morgan fingerprint density at radius 2 is 2.43 bits per heavy atom. The average molecular weight is 117 g/mol. The van der Waals surface area contributed by atoms with Gasteiger partial charge in [-0.05, 0) is 0 Å². The van der Waals surface area contributed by atoms with Gasteiger partial charge in [0.1, 0.15) is 6.34 Å².